The van der Waals surface area contributed by atoms with Crippen LogP contribution in [0.25, 0.3) is 17.2 Å². The summed E-state index contributed by atoms with van der Waals surface area (Å²) in [5, 5.41) is 2.74. The summed E-state index contributed by atoms with van der Waals surface area (Å²) in [4.78, 5) is 13.1. The van der Waals surface area contributed by atoms with Crippen molar-refractivity contribution in [3.05, 3.63) is 89.0 Å². The van der Waals surface area contributed by atoms with E-state index in [0.29, 0.717) is 24.3 Å². The first-order chi connectivity index (χ1) is 17.9. The molecule has 1 fully saturated rings. The van der Waals surface area contributed by atoms with Crippen LogP contribution in [0.2, 0.25) is 0 Å². The Morgan fingerprint density at radius 3 is 2.35 bits per heavy atom. The third kappa shape index (κ3) is 6.13. The Morgan fingerprint density at radius 1 is 0.919 bits per heavy atom. The average molecular weight is 516 g/mol. The van der Waals surface area contributed by atoms with E-state index < -0.39 is 9.84 Å². The van der Waals surface area contributed by atoms with Gasteiger partial charge in [-0.05, 0) is 66.8 Å². The molecule has 2 aliphatic rings. The quantitative estimate of drug-likeness (QED) is 0.396. The minimum atomic E-state index is -3.16. The van der Waals surface area contributed by atoms with Crippen molar-refractivity contribution < 1.29 is 17.9 Å². The van der Waals surface area contributed by atoms with E-state index in [9.17, 15) is 13.2 Å². The Kier molecular flexibility index (Phi) is 7.47. The molecule has 3 aromatic rings. The van der Waals surface area contributed by atoms with E-state index in [1.165, 1.54) is 5.56 Å². The van der Waals surface area contributed by atoms with E-state index >= 15 is 0 Å². The number of hydrogen-bond donors (Lipinski definition) is 1. The molecule has 0 aromatic heterocycles. The van der Waals surface area contributed by atoms with E-state index in [0.717, 1.165) is 60.1 Å². The first-order valence-corrected chi connectivity index (χ1v) is 14.8. The van der Waals surface area contributed by atoms with Gasteiger partial charge >= 0.3 is 0 Å². The van der Waals surface area contributed by atoms with Crippen molar-refractivity contribution in [1.82, 2.24) is 0 Å². The zero-order chi connectivity index (χ0) is 25.8. The molecule has 37 heavy (non-hydrogen) atoms. The van der Waals surface area contributed by atoms with Crippen molar-refractivity contribution in [3.8, 4) is 16.9 Å². The van der Waals surface area contributed by atoms with Gasteiger partial charge < -0.3 is 10.1 Å². The zero-order valence-electron chi connectivity index (χ0n) is 21.2. The van der Waals surface area contributed by atoms with Crippen LogP contribution in [0.5, 0.6) is 5.75 Å². The van der Waals surface area contributed by atoms with E-state index in [1.807, 2.05) is 18.2 Å². The lowest BCUT2D eigenvalue weighted by Crippen LogP contribution is -2.25. The fourth-order valence-corrected chi connectivity index (χ4v) is 7.04. The summed E-state index contributed by atoms with van der Waals surface area (Å²) < 4.78 is 31.5. The maximum absolute atomic E-state index is 13.1. The number of sulfone groups is 1. The Balaban J connectivity index is 1.28. The molecule has 1 aliphatic heterocycles. The minimum Gasteiger partial charge on any atom is -0.493 e. The highest BCUT2D eigenvalue weighted by atomic mass is 32.2. The highest BCUT2D eigenvalue weighted by Gasteiger charge is 2.27. The van der Waals surface area contributed by atoms with Crippen LogP contribution in [-0.2, 0) is 20.4 Å². The molecule has 1 saturated carbocycles. The first-order valence-electron chi connectivity index (χ1n) is 13.0. The molecular weight excluding hydrogens is 482 g/mol. The van der Waals surface area contributed by atoms with Crippen LogP contribution in [0.3, 0.4) is 0 Å². The van der Waals surface area contributed by atoms with Crippen molar-refractivity contribution in [2.45, 2.75) is 56.5 Å². The maximum Gasteiger partial charge on any atom is 0.251 e. The van der Waals surface area contributed by atoms with Gasteiger partial charge in [0, 0.05) is 23.2 Å². The standard InChI is InChI=1S/C31H33NO4S/c1-22-7-11-24(12-8-22)25-13-16-30-27(19-25)20-26(17-18-36-30)31(33)32-28-14-9-23(10-15-28)21-37(34,35)29-5-3-2-4-6-29/h7-16,19-20,29H,2-6,17-18,21H2,1H3,(H,32,33). The third-order valence-corrected chi connectivity index (χ3v) is 9.51. The topological polar surface area (TPSA) is 72.5 Å². The molecule has 1 aliphatic carbocycles. The predicted molar refractivity (Wildman–Crippen MR) is 149 cm³/mol. The maximum atomic E-state index is 13.1. The van der Waals surface area contributed by atoms with Crippen LogP contribution in [0.15, 0.2) is 72.3 Å². The summed E-state index contributed by atoms with van der Waals surface area (Å²) in [5.74, 6) is 0.635. The molecule has 0 atom stereocenters. The van der Waals surface area contributed by atoms with Gasteiger partial charge in [-0.2, -0.15) is 0 Å². The second kappa shape index (κ2) is 10.9. The van der Waals surface area contributed by atoms with E-state index in [4.69, 9.17) is 4.74 Å². The molecule has 0 radical (unpaired) electrons. The van der Waals surface area contributed by atoms with E-state index in [2.05, 4.69) is 42.6 Å². The summed E-state index contributed by atoms with van der Waals surface area (Å²) >= 11 is 0. The fraction of sp³-hybridized carbons (Fsp3) is 0.323. The summed E-state index contributed by atoms with van der Waals surface area (Å²) in [7, 11) is -3.16. The largest absolute Gasteiger partial charge is 0.493 e. The van der Waals surface area contributed by atoms with Crippen LogP contribution < -0.4 is 10.1 Å². The minimum absolute atomic E-state index is 0.0501. The van der Waals surface area contributed by atoms with Crippen LogP contribution >= 0.6 is 0 Å². The molecule has 1 N–H and O–H groups in total. The number of carbonyl (C=O) groups is 1. The summed E-state index contributed by atoms with van der Waals surface area (Å²) in [6.45, 7) is 2.49. The molecule has 0 spiro atoms. The number of benzene rings is 3. The number of rotatable bonds is 6. The molecule has 0 saturated heterocycles. The summed E-state index contributed by atoms with van der Waals surface area (Å²) in [6.07, 6.45) is 7.05. The van der Waals surface area contributed by atoms with Gasteiger partial charge in [-0.3, -0.25) is 4.79 Å². The lowest BCUT2D eigenvalue weighted by atomic mass is 10.00. The molecule has 3 aromatic carbocycles. The van der Waals surface area contributed by atoms with Gasteiger partial charge in [-0.15, -0.1) is 0 Å². The van der Waals surface area contributed by atoms with Gasteiger partial charge in [0.25, 0.3) is 5.91 Å². The third-order valence-electron chi connectivity index (χ3n) is 7.28. The Labute approximate surface area is 219 Å². The van der Waals surface area contributed by atoms with E-state index in [-0.39, 0.29) is 16.9 Å². The lowest BCUT2D eigenvalue weighted by Gasteiger charge is -2.21. The van der Waals surface area contributed by atoms with Crippen LogP contribution in [0.1, 0.15) is 55.2 Å². The lowest BCUT2D eigenvalue weighted by molar-refractivity contribution is -0.113. The molecule has 5 rings (SSSR count). The van der Waals surface area contributed by atoms with Gasteiger partial charge in [0.15, 0.2) is 9.84 Å². The van der Waals surface area contributed by atoms with Crippen molar-refractivity contribution in [2.24, 2.45) is 0 Å². The molecule has 0 bridgehead atoms. The molecule has 5 nitrogen and oxygen atoms in total. The van der Waals surface area contributed by atoms with Crippen LogP contribution in [0.4, 0.5) is 5.69 Å². The Morgan fingerprint density at radius 2 is 1.62 bits per heavy atom. The number of nitrogens with one attached hydrogen (secondary N) is 1. The van der Waals surface area contributed by atoms with Gasteiger partial charge in [-0.1, -0.05) is 67.3 Å². The highest BCUT2D eigenvalue weighted by molar-refractivity contribution is 7.91. The SMILES string of the molecule is Cc1ccc(-c2ccc3c(c2)C=C(C(=O)Nc2ccc(CS(=O)(=O)C4CCCCC4)cc2)CCO3)cc1. The summed E-state index contributed by atoms with van der Waals surface area (Å²) in [6, 6.07) is 21.6. The molecule has 192 valence electrons. The zero-order valence-corrected chi connectivity index (χ0v) is 22.0. The van der Waals surface area contributed by atoms with Crippen molar-refractivity contribution in [1.29, 1.82) is 0 Å². The summed E-state index contributed by atoms with van der Waals surface area (Å²) in [5.41, 5.74) is 6.31. The smallest absolute Gasteiger partial charge is 0.251 e. The number of fused-ring (bicyclic) bond motifs is 1. The monoisotopic (exact) mass is 515 g/mol. The number of amides is 1. The predicted octanol–water partition coefficient (Wildman–Crippen LogP) is 6.71. The number of ether oxygens (including phenoxy) is 1. The van der Waals surface area contributed by atoms with Crippen LogP contribution in [0, 0.1) is 6.92 Å². The molecule has 6 heteroatoms. The van der Waals surface area contributed by atoms with Crippen molar-refractivity contribution in [2.75, 3.05) is 11.9 Å². The van der Waals surface area contributed by atoms with E-state index in [1.54, 1.807) is 24.3 Å². The van der Waals surface area contributed by atoms with Gasteiger partial charge in [-0.25, -0.2) is 8.42 Å². The molecular formula is C31H33NO4S. The van der Waals surface area contributed by atoms with Crippen molar-refractivity contribution in [3.63, 3.8) is 0 Å². The Bertz CT molecular complexity index is 1400. The number of anilines is 1. The van der Waals surface area contributed by atoms with Crippen LogP contribution in [-0.4, -0.2) is 26.2 Å². The molecule has 1 heterocycles. The normalized spacial score (nSPS) is 16.2. The molecule has 1 amide bonds. The number of aryl methyl sites for hydroxylation is 1. The van der Waals surface area contributed by atoms with Crippen molar-refractivity contribution >= 4 is 27.5 Å². The first kappa shape index (κ1) is 25.3. The number of carbonyl (C=O) groups excluding carboxylic acids is 1. The Hall–Kier alpha value is -3.38. The van der Waals surface area contributed by atoms with Gasteiger partial charge in [0.2, 0.25) is 0 Å². The second-order valence-electron chi connectivity index (χ2n) is 10.1. The highest BCUT2D eigenvalue weighted by Crippen LogP contribution is 2.32. The fourth-order valence-electron chi connectivity index (χ4n) is 5.10. The number of hydrogen-bond acceptors (Lipinski definition) is 4. The van der Waals surface area contributed by atoms with Gasteiger partial charge in [0.05, 0.1) is 17.6 Å². The molecule has 0 unspecified atom stereocenters. The van der Waals surface area contributed by atoms with Gasteiger partial charge in [0.1, 0.15) is 5.75 Å². The second-order valence-corrected chi connectivity index (χ2v) is 12.4. The average Bonchev–Trinajstić information content (AvgIpc) is 3.13.